The highest BCUT2D eigenvalue weighted by Crippen LogP contribution is 2.26. The highest BCUT2D eigenvalue weighted by atomic mass is 32.2. The van der Waals surface area contributed by atoms with E-state index in [0.717, 1.165) is 33.0 Å². The number of benzene rings is 3. The van der Waals surface area contributed by atoms with Crippen molar-refractivity contribution in [3.8, 4) is 0 Å². The second kappa shape index (κ2) is 13.4. The Morgan fingerprint density at radius 1 is 0.872 bits per heavy atom. The standard InChI is InChI=1S/C31H39N3O4S/c1-6-17-32-31(36)26(5)33(18-16-27-10-8-7-9-11-27)30(35)22-34(28-20-24(3)19-25(4)21-28)39(37,38)29-14-12-23(2)13-15-29/h7-15,19-21,26H,6,16-18,22H2,1-5H3,(H,32,36)/t26-/m1/s1. The lowest BCUT2D eigenvalue weighted by molar-refractivity contribution is -0.138. The summed E-state index contributed by atoms with van der Waals surface area (Å²) in [6, 6.07) is 21.0. The minimum atomic E-state index is -4.07. The third-order valence-electron chi connectivity index (χ3n) is 6.58. The molecule has 0 radical (unpaired) electrons. The van der Waals surface area contributed by atoms with Gasteiger partial charge in [0, 0.05) is 13.1 Å². The van der Waals surface area contributed by atoms with Gasteiger partial charge in [-0.25, -0.2) is 8.42 Å². The summed E-state index contributed by atoms with van der Waals surface area (Å²) in [6.07, 6.45) is 1.30. The van der Waals surface area contributed by atoms with E-state index in [4.69, 9.17) is 0 Å². The van der Waals surface area contributed by atoms with E-state index in [1.165, 1.54) is 4.90 Å². The van der Waals surface area contributed by atoms with Crippen molar-refractivity contribution in [1.82, 2.24) is 10.2 Å². The van der Waals surface area contributed by atoms with Gasteiger partial charge in [-0.2, -0.15) is 0 Å². The molecule has 2 amide bonds. The first kappa shape index (κ1) is 29.9. The van der Waals surface area contributed by atoms with Crippen LogP contribution in [0.3, 0.4) is 0 Å². The van der Waals surface area contributed by atoms with Crippen LogP contribution in [-0.4, -0.2) is 50.8 Å². The van der Waals surface area contributed by atoms with Crippen LogP contribution in [0.2, 0.25) is 0 Å². The van der Waals surface area contributed by atoms with Crippen molar-refractivity contribution in [2.45, 2.75) is 58.4 Å². The number of rotatable bonds is 12. The van der Waals surface area contributed by atoms with Crippen LogP contribution in [0, 0.1) is 20.8 Å². The molecule has 0 aliphatic rings. The molecule has 3 aromatic carbocycles. The molecule has 3 rings (SSSR count). The summed E-state index contributed by atoms with van der Waals surface area (Å²) in [5, 5.41) is 2.86. The van der Waals surface area contributed by atoms with Crippen LogP contribution in [0.25, 0.3) is 0 Å². The molecule has 3 aromatic rings. The van der Waals surface area contributed by atoms with Crippen LogP contribution in [0.1, 0.15) is 42.5 Å². The fourth-order valence-corrected chi connectivity index (χ4v) is 5.82. The molecule has 0 spiro atoms. The summed E-state index contributed by atoms with van der Waals surface area (Å²) >= 11 is 0. The Kier molecular flexibility index (Phi) is 10.3. The molecule has 0 fully saturated rings. The molecule has 0 bridgehead atoms. The lowest BCUT2D eigenvalue weighted by Crippen LogP contribution is -2.52. The zero-order valence-corrected chi connectivity index (χ0v) is 24.3. The van der Waals surface area contributed by atoms with Gasteiger partial charge in [0.15, 0.2) is 0 Å². The lowest BCUT2D eigenvalue weighted by atomic mass is 10.1. The maximum Gasteiger partial charge on any atom is 0.264 e. The normalized spacial score (nSPS) is 12.0. The topological polar surface area (TPSA) is 86.8 Å². The van der Waals surface area contributed by atoms with E-state index in [1.54, 1.807) is 43.3 Å². The molecular weight excluding hydrogens is 510 g/mol. The molecule has 0 aliphatic heterocycles. The maximum absolute atomic E-state index is 13.9. The Labute approximate surface area is 232 Å². The third-order valence-corrected chi connectivity index (χ3v) is 8.37. The molecule has 0 unspecified atom stereocenters. The van der Waals surface area contributed by atoms with Crippen molar-refractivity contribution in [1.29, 1.82) is 0 Å². The molecule has 0 saturated heterocycles. The number of hydrogen-bond acceptors (Lipinski definition) is 4. The van der Waals surface area contributed by atoms with Crippen LogP contribution in [0.4, 0.5) is 5.69 Å². The molecule has 0 aromatic heterocycles. The van der Waals surface area contributed by atoms with E-state index in [0.29, 0.717) is 18.7 Å². The van der Waals surface area contributed by atoms with Crippen molar-refractivity contribution < 1.29 is 18.0 Å². The number of nitrogens with one attached hydrogen (secondary N) is 1. The van der Waals surface area contributed by atoms with Crippen molar-refractivity contribution >= 4 is 27.5 Å². The quantitative estimate of drug-likeness (QED) is 0.352. The summed E-state index contributed by atoms with van der Waals surface area (Å²) in [6.45, 7) is 9.65. The molecule has 0 aliphatic carbocycles. The van der Waals surface area contributed by atoms with E-state index in [1.807, 2.05) is 64.1 Å². The van der Waals surface area contributed by atoms with Gasteiger partial charge >= 0.3 is 0 Å². The van der Waals surface area contributed by atoms with Crippen LogP contribution in [0.5, 0.6) is 0 Å². The number of nitrogens with zero attached hydrogens (tertiary/aromatic N) is 2. The molecule has 0 heterocycles. The van der Waals surface area contributed by atoms with Crippen LogP contribution >= 0.6 is 0 Å². The van der Waals surface area contributed by atoms with Crippen LogP contribution in [-0.2, 0) is 26.0 Å². The molecule has 1 atom stereocenters. The number of amides is 2. The first-order valence-electron chi connectivity index (χ1n) is 13.3. The van der Waals surface area contributed by atoms with Crippen LogP contribution < -0.4 is 9.62 Å². The molecule has 0 saturated carbocycles. The van der Waals surface area contributed by atoms with Crippen molar-refractivity contribution in [2.75, 3.05) is 23.9 Å². The minimum absolute atomic E-state index is 0.102. The zero-order valence-electron chi connectivity index (χ0n) is 23.5. The van der Waals surface area contributed by atoms with Gasteiger partial charge in [0.1, 0.15) is 12.6 Å². The Bertz CT molecular complexity index is 1350. The molecular formula is C31H39N3O4S. The number of carbonyl (C=O) groups is 2. The third kappa shape index (κ3) is 7.93. The Balaban J connectivity index is 2.00. The van der Waals surface area contributed by atoms with Gasteiger partial charge in [-0.1, -0.05) is 61.0 Å². The van der Waals surface area contributed by atoms with Gasteiger partial charge in [0.05, 0.1) is 10.6 Å². The average Bonchev–Trinajstić information content (AvgIpc) is 2.90. The second-order valence-corrected chi connectivity index (χ2v) is 11.8. The summed E-state index contributed by atoms with van der Waals surface area (Å²) in [4.78, 5) is 28.4. The van der Waals surface area contributed by atoms with E-state index in [9.17, 15) is 18.0 Å². The van der Waals surface area contributed by atoms with E-state index >= 15 is 0 Å². The largest absolute Gasteiger partial charge is 0.354 e. The Morgan fingerprint density at radius 2 is 1.49 bits per heavy atom. The predicted molar refractivity (Wildman–Crippen MR) is 156 cm³/mol. The summed E-state index contributed by atoms with van der Waals surface area (Å²) in [7, 11) is -4.07. The van der Waals surface area contributed by atoms with E-state index in [2.05, 4.69) is 5.32 Å². The first-order chi connectivity index (χ1) is 18.5. The Hall–Kier alpha value is -3.65. The van der Waals surface area contributed by atoms with Gasteiger partial charge in [0.2, 0.25) is 11.8 Å². The number of anilines is 1. The van der Waals surface area contributed by atoms with Crippen LogP contribution in [0.15, 0.2) is 77.7 Å². The van der Waals surface area contributed by atoms with Gasteiger partial charge in [-0.05, 0) is 81.5 Å². The predicted octanol–water partition coefficient (Wildman–Crippen LogP) is 4.79. The smallest absolute Gasteiger partial charge is 0.264 e. The average molecular weight is 550 g/mol. The van der Waals surface area contributed by atoms with Gasteiger partial charge in [-0.15, -0.1) is 0 Å². The fraction of sp³-hybridized carbons (Fsp3) is 0.355. The summed E-state index contributed by atoms with van der Waals surface area (Å²) in [5.41, 5.74) is 4.13. The molecule has 7 nitrogen and oxygen atoms in total. The molecule has 208 valence electrons. The lowest BCUT2D eigenvalue weighted by Gasteiger charge is -2.32. The first-order valence-corrected chi connectivity index (χ1v) is 14.8. The molecule has 1 N–H and O–H groups in total. The highest BCUT2D eigenvalue weighted by molar-refractivity contribution is 7.92. The fourth-order valence-electron chi connectivity index (χ4n) is 4.43. The SMILES string of the molecule is CCCNC(=O)[C@@H](C)N(CCc1ccccc1)C(=O)CN(c1cc(C)cc(C)c1)S(=O)(=O)c1ccc(C)cc1. The maximum atomic E-state index is 13.9. The van der Waals surface area contributed by atoms with Crippen molar-refractivity contribution in [3.05, 3.63) is 95.1 Å². The van der Waals surface area contributed by atoms with Gasteiger partial charge < -0.3 is 10.2 Å². The van der Waals surface area contributed by atoms with Crippen molar-refractivity contribution in [3.63, 3.8) is 0 Å². The Morgan fingerprint density at radius 3 is 2.08 bits per heavy atom. The molecule has 39 heavy (non-hydrogen) atoms. The zero-order chi connectivity index (χ0) is 28.6. The van der Waals surface area contributed by atoms with E-state index < -0.39 is 28.5 Å². The van der Waals surface area contributed by atoms with Gasteiger partial charge in [-0.3, -0.25) is 13.9 Å². The number of hydrogen-bond donors (Lipinski definition) is 1. The molecule has 8 heteroatoms. The number of sulfonamides is 1. The summed E-state index contributed by atoms with van der Waals surface area (Å²) < 4.78 is 29.0. The number of carbonyl (C=O) groups excluding carboxylic acids is 2. The summed E-state index contributed by atoms with van der Waals surface area (Å²) in [5.74, 6) is -0.711. The highest BCUT2D eigenvalue weighted by Gasteiger charge is 2.32. The van der Waals surface area contributed by atoms with Crippen molar-refractivity contribution in [2.24, 2.45) is 0 Å². The van der Waals surface area contributed by atoms with E-state index in [-0.39, 0.29) is 17.3 Å². The number of aryl methyl sites for hydroxylation is 3. The second-order valence-electron chi connectivity index (χ2n) is 9.96. The monoisotopic (exact) mass is 549 g/mol. The minimum Gasteiger partial charge on any atom is -0.354 e. The van der Waals surface area contributed by atoms with Gasteiger partial charge in [0.25, 0.3) is 10.0 Å².